The Bertz CT molecular complexity index is 443. The summed E-state index contributed by atoms with van der Waals surface area (Å²) < 4.78 is 26.2. The van der Waals surface area contributed by atoms with E-state index in [1.807, 2.05) is 0 Å². The average molecular weight is 245 g/mol. The maximum Gasteiger partial charge on any atom is 0.243 e. The molecule has 0 atom stereocenters. The molecule has 0 aliphatic rings. The van der Waals surface area contributed by atoms with Crippen LogP contribution in [-0.4, -0.2) is 25.2 Å². The molecule has 1 aromatic rings. The smallest absolute Gasteiger partial charge is 0.243 e. The first-order chi connectivity index (χ1) is 7.22. The van der Waals surface area contributed by atoms with Crippen molar-refractivity contribution in [2.45, 2.75) is 39.0 Å². The van der Waals surface area contributed by atoms with Gasteiger partial charge in [0.25, 0.3) is 0 Å². The van der Waals surface area contributed by atoms with E-state index in [-0.39, 0.29) is 10.3 Å². The summed E-state index contributed by atoms with van der Waals surface area (Å²) >= 11 is 0. The largest absolute Gasteiger partial charge is 0.281 e. The van der Waals surface area contributed by atoms with Crippen LogP contribution in [0.15, 0.2) is 11.1 Å². The average Bonchev–Trinajstić information content (AvgIpc) is 2.48. The molecule has 6 heteroatoms. The number of H-pyrrole nitrogens is 1. The first-order valence-corrected chi connectivity index (χ1v) is 6.70. The van der Waals surface area contributed by atoms with Gasteiger partial charge < -0.3 is 0 Å². The van der Waals surface area contributed by atoms with Gasteiger partial charge >= 0.3 is 0 Å². The van der Waals surface area contributed by atoms with Gasteiger partial charge in [-0.3, -0.25) is 5.10 Å². The van der Waals surface area contributed by atoms with Crippen molar-refractivity contribution in [2.24, 2.45) is 5.41 Å². The summed E-state index contributed by atoms with van der Waals surface area (Å²) in [6.07, 6.45) is 2.12. The highest BCUT2D eigenvalue weighted by molar-refractivity contribution is 7.89. The lowest BCUT2D eigenvalue weighted by Crippen LogP contribution is -2.27. The maximum atomic E-state index is 11.8. The van der Waals surface area contributed by atoms with Crippen LogP contribution in [0.5, 0.6) is 0 Å². The Morgan fingerprint density at radius 3 is 2.50 bits per heavy atom. The Hall–Kier alpha value is -0.880. The molecule has 1 rings (SSSR count). The van der Waals surface area contributed by atoms with Gasteiger partial charge in [-0.15, -0.1) is 0 Å². The van der Waals surface area contributed by atoms with Gasteiger partial charge in [0.15, 0.2) is 0 Å². The summed E-state index contributed by atoms with van der Waals surface area (Å²) in [5, 5.41) is 6.31. The fraction of sp³-hybridized carbons (Fsp3) is 0.700. The van der Waals surface area contributed by atoms with E-state index >= 15 is 0 Å². The predicted molar refractivity (Wildman–Crippen MR) is 62.6 cm³/mol. The summed E-state index contributed by atoms with van der Waals surface area (Å²) in [4.78, 5) is 0.224. The van der Waals surface area contributed by atoms with Crippen LogP contribution in [0.4, 0.5) is 0 Å². The zero-order valence-corrected chi connectivity index (χ0v) is 11.0. The van der Waals surface area contributed by atoms with Crippen LogP contribution < -0.4 is 4.72 Å². The minimum absolute atomic E-state index is 0.119. The molecule has 0 saturated carbocycles. The molecule has 0 fully saturated rings. The second kappa shape index (κ2) is 4.55. The van der Waals surface area contributed by atoms with E-state index in [0.717, 1.165) is 6.42 Å². The van der Waals surface area contributed by atoms with Crippen molar-refractivity contribution in [3.8, 4) is 0 Å². The Morgan fingerprint density at radius 2 is 2.06 bits per heavy atom. The molecule has 0 aliphatic carbocycles. The molecule has 0 aliphatic heterocycles. The van der Waals surface area contributed by atoms with Crippen molar-refractivity contribution in [3.05, 3.63) is 11.9 Å². The molecule has 16 heavy (non-hydrogen) atoms. The topological polar surface area (TPSA) is 74.8 Å². The summed E-state index contributed by atoms with van der Waals surface area (Å²) in [6, 6.07) is 0. The van der Waals surface area contributed by atoms with Gasteiger partial charge in [0.2, 0.25) is 10.0 Å². The Kier molecular flexibility index (Phi) is 3.75. The first kappa shape index (κ1) is 13.2. The van der Waals surface area contributed by atoms with Crippen LogP contribution in [0, 0.1) is 12.3 Å². The van der Waals surface area contributed by atoms with Gasteiger partial charge in [-0.25, -0.2) is 13.1 Å². The number of aromatic nitrogens is 2. The van der Waals surface area contributed by atoms with Crippen molar-refractivity contribution in [2.75, 3.05) is 6.54 Å². The highest BCUT2D eigenvalue weighted by Gasteiger charge is 2.19. The first-order valence-electron chi connectivity index (χ1n) is 5.22. The third kappa shape index (κ3) is 3.61. The highest BCUT2D eigenvalue weighted by atomic mass is 32.2. The molecule has 2 N–H and O–H groups in total. The minimum atomic E-state index is -3.41. The van der Waals surface area contributed by atoms with Gasteiger partial charge in [0.05, 0.1) is 11.9 Å². The monoisotopic (exact) mass is 245 g/mol. The molecule has 92 valence electrons. The van der Waals surface area contributed by atoms with E-state index in [1.165, 1.54) is 6.20 Å². The summed E-state index contributed by atoms with van der Waals surface area (Å²) in [6.45, 7) is 8.35. The van der Waals surface area contributed by atoms with Crippen molar-refractivity contribution < 1.29 is 8.42 Å². The molecule has 0 unspecified atom stereocenters. The molecule has 5 nitrogen and oxygen atoms in total. The molecule has 0 amide bonds. The van der Waals surface area contributed by atoms with Crippen LogP contribution in [0.1, 0.15) is 32.9 Å². The number of aromatic amines is 1. The Morgan fingerprint density at radius 1 is 1.44 bits per heavy atom. The second-order valence-corrected chi connectivity index (χ2v) is 6.80. The number of hydrogen-bond acceptors (Lipinski definition) is 3. The number of nitrogens with one attached hydrogen (secondary N) is 2. The van der Waals surface area contributed by atoms with E-state index < -0.39 is 10.0 Å². The van der Waals surface area contributed by atoms with Gasteiger partial charge in [0, 0.05) is 6.54 Å². The zero-order valence-electron chi connectivity index (χ0n) is 10.2. The van der Waals surface area contributed by atoms with E-state index in [2.05, 4.69) is 35.7 Å². The lowest BCUT2D eigenvalue weighted by molar-refractivity contribution is 0.378. The summed E-state index contributed by atoms with van der Waals surface area (Å²) in [5.41, 5.74) is 0.678. The molecular formula is C10H19N3O2S. The fourth-order valence-corrected chi connectivity index (χ4v) is 2.42. The van der Waals surface area contributed by atoms with Gasteiger partial charge in [0.1, 0.15) is 4.90 Å². The van der Waals surface area contributed by atoms with E-state index in [9.17, 15) is 8.42 Å². The lowest BCUT2D eigenvalue weighted by Gasteiger charge is -2.17. The minimum Gasteiger partial charge on any atom is -0.281 e. The van der Waals surface area contributed by atoms with Crippen molar-refractivity contribution >= 4 is 10.0 Å². The summed E-state index contributed by atoms with van der Waals surface area (Å²) in [7, 11) is -3.41. The van der Waals surface area contributed by atoms with Crippen molar-refractivity contribution in [3.63, 3.8) is 0 Å². The van der Waals surface area contributed by atoms with Gasteiger partial charge in [-0.1, -0.05) is 20.8 Å². The standard InChI is InChI=1S/C10H19N3O2S/c1-8-9(7-11-13-8)16(14,15)12-6-5-10(2,3)4/h7,12H,5-6H2,1-4H3,(H,11,13). The van der Waals surface area contributed by atoms with Crippen molar-refractivity contribution in [1.29, 1.82) is 0 Å². The Balaban J connectivity index is 2.64. The number of hydrogen-bond donors (Lipinski definition) is 2. The van der Waals surface area contributed by atoms with Crippen LogP contribution >= 0.6 is 0 Å². The quantitative estimate of drug-likeness (QED) is 0.842. The molecule has 0 spiro atoms. The van der Waals surface area contributed by atoms with Crippen LogP contribution in [0.3, 0.4) is 0 Å². The molecule has 1 aromatic heterocycles. The molecular weight excluding hydrogens is 226 g/mol. The van der Waals surface area contributed by atoms with E-state index in [4.69, 9.17) is 0 Å². The summed E-state index contributed by atoms with van der Waals surface area (Å²) in [5.74, 6) is 0. The number of rotatable bonds is 4. The zero-order chi connectivity index (χ0) is 12.4. The third-order valence-electron chi connectivity index (χ3n) is 2.24. The highest BCUT2D eigenvalue weighted by Crippen LogP contribution is 2.18. The maximum absolute atomic E-state index is 11.8. The third-order valence-corrected chi connectivity index (χ3v) is 3.82. The van der Waals surface area contributed by atoms with E-state index in [1.54, 1.807) is 6.92 Å². The second-order valence-electron chi connectivity index (χ2n) is 5.07. The number of sulfonamides is 1. The van der Waals surface area contributed by atoms with E-state index in [0.29, 0.717) is 12.2 Å². The Labute approximate surface area is 96.7 Å². The predicted octanol–water partition coefficient (Wildman–Crippen LogP) is 1.43. The number of nitrogens with zero attached hydrogens (tertiary/aromatic N) is 1. The number of aryl methyl sites for hydroxylation is 1. The molecule has 1 heterocycles. The van der Waals surface area contributed by atoms with Crippen LogP contribution in [-0.2, 0) is 10.0 Å². The van der Waals surface area contributed by atoms with Crippen LogP contribution in [0.2, 0.25) is 0 Å². The lowest BCUT2D eigenvalue weighted by atomic mass is 9.93. The molecule has 0 bridgehead atoms. The normalized spacial score (nSPS) is 13.0. The van der Waals surface area contributed by atoms with Crippen molar-refractivity contribution in [1.82, 2.24) is 14.9 Å². The van der Waals surface area contributed by atoms with Crippen LogP contribution in [0.25, 0.3) is 0 Å². The molecule has 0 aromatic carbocycles. The van der Waals surface area contributed by atoms with Gasteiger partial charge in [-0.2, -0.15) is 5.10 Å². The van der Waals surface area contributed by atoms with Gasteiger partial charge in [-0.05, 0) is 18.8 Å². The molecule has 0 radical (unpaired) electrons. The fourth-order valence-electron chi connectivity index (χ4n) is 1.25. The SMILES string of the molecule is Cc1[nH]ncc1S(=O)(=O)NCCC(C)(C)C. The molecule has 0 saturated heterocycles.